The van der Waals surface area contributed by atoms with Crippen LogP contribution in [0.5, 0.6) is 5.75 Å². The highest BCUT2D eigenvalue weighted by Gasteiger charge is 2.11. The molecule has 20 heavy (non-hydrogen) atoms. The van der Waals surface area contributed by atoms with Crippen molar-refractivity contribution in [2.45, 2.75) is 6.92 Å². The van der Waals surface area contributed by atoms with E-state index in [-0.39, 0.29) is 16.9 Å². The standard InChI is InChI=1S/C14H11N3O2S/c1-8-3-2-4-9-11(8)17-13(19)10(12(9)18)7-16-14-15-5-6-20-14/h2-7H,1H3,(H2,17,18,19). The lowest BCUT2D eigenvalue weighted by molar-refractivity contribution is 0.479. The van der Waals surface area contributed by atoms with Crippen LogP contribution in [0.1, 0.15) is 11.1 Å². The Bertz CT molecular complexity index is 851. The van der Waals surface area contributed by atoms with Gasteiger partial charge in [0.25, 0.3) is 5.56 Å². The summed E-state index contributed by atoms with van der Waals surface area (Å²) in [6.07, 6.45) is 2.97. The van der Waals surface area contributed by atoms with Gasteiger partial charge in [-0.3, -0.25) is 4.79 Å². The van der Waals surface area contributed by atoms with Gasteiger partial charge in [-0.05, 0) is 18.6 Å². The summed E-state index contributed by atoms with van der Waals surface area (Å²) < 4.78 is 0. The molecule has 100 valence electrons. The molecule has 0 aliphatic heterocycles. The van der Waals surface area contributed by atoms with E-state index in [0.717, 1.165) is 5.56 Å². The predicted octanol–water partition coefficient (Wildman–Crippen LogP) is 2.75. The first-order valence-corrected chi connectivity index (χ1v) is 6.83. The van der Waals surface area contributed by atoms with Gasteiger partial charge in [-0.2, -0.15) is 0 Å². The molecule has 0 atom stereocenters. The van der Waals surface area contributed by atoms with E-state index in [1.54, 1.807) is 17.6 Å². The van der Waals surface area contributed by atoms with Crippen molar-refractivity contribution < 1.29 is 5.11 Å². The summed E-state index contributed by atoms with van der Waals surface area (Å²) >= 11 is 1.36. The van der Waals surface area contributed by atoms with E-state index in [2.05, 4.69) is 15.0 Å². The lowest BCUT2D eigenvalue weighted by Gasteiger charge is -2.05. The van der Waals surface area contributed by atoms with Gasteiger partial charge in [-0.25, -0.2) is 9.98 Å². The third kappa shape index (κ3) is 2.10. The molecule has 2 heterocycles. The first kappa shape index (κ1) is 12.6. The van der Waals surface area contributed by atoms with E-state index in [0.29, 0.717) is 16.0 Å². The van der Waals surface area contributed by atoms with Crippen LogP contribution in [0.2, 0.25) is 0 Å². The molecular weight excluding hydrogens is 274 g/mol. The number of nitrogens with one attached hydrogen (secondary N) is 1. The minimum absolute atomic E-state index is 0.0623. The van der Waals surface area contributed by atoms with Crippen molar-refractivity contribution >= 4 is 33.6 Å². The minimum atomic E-state index is -0.371. The number of aromatic hydroxyl groups is 1. The maximum absolute atomic E-state index is 12.0. The Labute approximate surface area is 118 Å². The van der Waals surface area contributed by atoms with Crippen LogP contribution >= 0.6 is 11.3 Å². The molecule has 1 aromatic carbocycles. The summed E-state index contributed by atoms with van der Waals surface area (Å²) in [7, 11) is 0. The van der Waals surface area contributed by atoms with Crippen molar-refractivity contribution in [1.82, 2.24) is 9.97 Å². The van der Waals surface area contributed by atoms with Crippen molar-refractivity contribution in [2.75, 3.05) is 0 Å². The van der Waals surface area contributed by atoms with Crippen molar-refractivity contribution in [2.24, 2.45) is 4.99 Å². The van der Waals surface area contributed by atoms with Crippen LogP contribution in [0.3, 0.4) is 0 Å². The molecule has 0 radical (unpaired) electrons. The largest absolute Gasteiger partial charge is 0.506 e. The molecule has 2 aromatic heterocycles. The number of pyridine rings is 1. The number of aliphatic imine (C=N–C) groups is 1. The Morgan fingerprint density at radius 3 is 3.05 bits per heavy atom. The highest BCUT2D eigenvalue weighted by Crippen LogP contribution is 2.26. The number of hydrogen-bond acceptors (Lipinski definition) is 5. The number of hydrogen-bond donors (Lipinski definition) is 2. The molecule has 6 heteroatoms. The maximum atomic E-state index is 12.0. The first-order chi connectivity index (χ1) is 9.66. The summed E-state index contributed by atoms with van der Waals surface area (Å²) in [5.74, 6) is -0.0623. The van der Waals surface area contributed by atoms with E-state index in [1.165, 1.54) is 17.6 Å². The van der Waals surface area contributed by atoms with Gasteiger partial charge in [-0.15, -0.1) is 11.3 Å². The van der Waals surface area contributed by atoms with Crippen molar-refractivity contribution in [1.29, 1.82) is 0 Å². The Hall–Kier alpha value is -2.47. The molecule has 3 aromatic rings. The first-order valence-electron chi connectivity index (χ1n) is 5.95. The number of aryl methyl sites for hydroxylation is 1. The Morgan fingerprint density at radius 1 is 1.45 bits per heavy atom. The van der Waals surface area contributed by atoms with E-state index >= 15 is 0 Å². The van der Waals surface area contributed by atoms with E-state index in [9.17, 15) is 9.90 Å². The normalized spacial score (nSPS) is 11.4. The van der Waals surface area contributed by atoms with E-state index < -0.39 is 0 Å². The quantitative estimate of drug-likeness (QED) is 0.711. The fourth-order valence-corrected chi connectivity index (χ4v) is 2.46. The molecule has 0 aliphatic rings. The van der Waals surface area contributed by atoms with Crippen LogP contribution in [0.15, 0.2) is 39.6 Å². The number of nitrogens with zero attached hydrogens (tertiary/aromatic N) is 2. The Balaban J connectivity index is 2.19. The van der Waals surface area contributed by atoms with Gasteiger partial charge in [0.2, 0.25) is 5.13 Å². The maximum Gasteiger partial charge on any atom is 0.261 e. The monoisotopic (exact) mass is 285 g/mol. The van der Waals surface area contributed by atoms with Gasteiger partial charge < -0.3 is 10.1 Å². The second-order valence-electron chi connectivity index (χ2n) is 4.29. The van der Waals surface area contributed by atoms with Crippen LogP contribution in [-0.2, 0) is 0 Å². The summed E-state index contributed by atoms with van der Waals surface area (Å²) in [6, 6.07) is 5.47. The Kier molecular flexibility index (Phi) is 3.08. The molecule has 5 nitrogen and oxygen atoms in total. The topological polar surface area (TPSA) is 78.3 Å². The summed E-state index contributed by atoms with van der Waals surface area (Å²) in [6.45, 7) is 1.88. The number of thiazole rings is 1. The smallest absolute Gasteiger partial charge is 0.261 e. The van der Waals surface area contributed by atoms with Gasteiger partial charge >= 0.3 is 0 Å². The molecule has 0 fully saturated rings. The average molecular weight is 285 g/mol. The molecule has 0 unspecified atom stereocenters. The lowest BCUT2D eigenvalue weighted by Crippen LogP contribution is -2.12. The second-order valence-corrected chi connectivity index (χ2v) is 5.16. The SMILES string of the molecule is Cc1cccc2c(O)c(C=Nc3nccs3)c(=O)[nH]c12. The van der Waals surface area contributed by atoms with Crippen LogP contribution in [-0.4, -0.2) is 21.3 Å². The minimum Gasteiger partial charge on any atom is -0.506 e. The van der Waals surface area contributed by atoms with Crippen molar-refractivity contribution in [3.05, 3.63) is 51.3 Å². The number of H-pyrrole nitrogens is 1. The van der Waals surface area contributed by atoms with Gasteiger partial charge in [0.05, 0.1) is 5.52 Å². The zero-order valence-corrected chi connectivity index (χ0v) is 11.4. The van der Waals surface area contributed by atoms with Gasteiger partial charge in [0.1, 0.15) is 11.3 Å². The molecule has 0 saturated carbocycles. The Morgan fingerprint density at radius 2 is 2.30 bits per heavy atom. The van der Waals surface area contributed by atoms with Crippen LogP contribution in [0.4, 0.5) is 5.13 Å². The summed E-state index contributed by atoms with van der Waals surface area (Å²) in [4.78, 5) is 22.9. The molecule has 0 saturated heterocycles. The number of rotatable bonds is 2. The highest BCUT2D eigenvalue weighted by molar-refractivity contribution is 7.13. The predicted molar refractivity (Wildman–Crippen MR) is 80.3 cm³/mol. The van der Waals surface area contributed by atoms with Crippen molar-refractivity contribution in [3.8, 4) is 5.75 Å². The van der Waals surface area contributed by atoms with Gasteiger partial charge in [0, 0.05) is 23.2 Å². The lowest BCUT2D eigenvalue weighted by atomic mass is 10.1. The zero-order chi connectivity index (χ0) is 14.1. The molecular formula is C14H11N3O2S. The molecule has 2 N–H and O–H groups in total. The van der Waals surface area contributed by atoms with Crippen LogP contribution < -0.4 is 5.56 Å². The number of para-hydroxylation sites is 1. The zero-order valence-electron chi connectivity index (χ0n) is 10.6. The number of fused-ring (bicyclic) bond motifs is 1. The van der Waals surface area contributed by atoms with E-state index in [1.807, 2.05) is 19.1 Å². The highest BCUT2D eigenvalue weighted by atomic mass is 32.1. The summed E-state index contributed by atoms with van der Waals surface area (Å²) in [5, 5.41) is 13.2. The van der Waals surface area contributed by atoms with Crippen LogP contribution in [0, 0.1) is 6.92 Å². The fraction of sp³-hybridized carbons (Fsp3) is 0.0714. The van der Waals surface area contributed by atoms with Crippen LogP contribution in [0.25, 0.3) is 10.9 Å². The second kappa shape index (κ2) is 4.90. The fourth-order valence-electron chi connectivity index (χ4n) is 1.98. The summed E-state index contributed by atoms with van der Waals surface area (Å²) in [5.41, 5.74) is 1.31. The number of benzene rings is 1. The van der Waals surface area contributed by atoms with E-state index in [4.69, 9.17) is 0 Å². The molecule has 0 amide bonds. The average Bonchev–Trinajstić information content (AvgIpc) is 2.93. The molecule has 3 rings (SSSR count). The number of aromatic amines is 1. The third-order valence-electron chi connectivity index (χ3n) is 2.99. The number of aromatic nitrogens is 2. The molecule has 0 aliphatic carbocycles. The molecule has 0 bridgehead atoms. The third-order valence-corrected chi connectivity index (χ3v) is 3.67. The van der Waals surface area contributed by atoms with Gasteiger partial charge in [-0.1, -0.05) is 12.1 Å². The molecule has 0 spiro atoms. The van der Waals surface area contributed by atoms with Crippen molar-refractivity contribution in [3.63, 3.8) is 0 Å². The van der Waals surface area contributed by atoms with Gasteiger partial charge in [0.15, 0.2) is 0 Å².